The molecule has 1 saturated heterocycles. The van der Waals surface area contributed by atoms with E-state index in [1.165, 1.54) is 0 Å². The first-order valence-corrected chi connectivity index (χ1v) is 6.51. The third-order valence-electron chi connectivity index (χ3n) is 3.61. The molecular formula is C14H17N3O2. The second kappa shape index (κ2) is 4.66. The molecule has 2 N–H and O–H groups in total. The van der Waals surface area contributed by atoms with E-state index in [-0.39, 0.29) is 5.91 Å². The summed E-state index contributed by atoms with van der Waals surface area (Å²) in [6, 6.07) is 7.48. The maximum Gasteiger partial charge on any atom is 0.272 e. The Bertz CT molecular complexity index is 533. The zero-order chi connectivity index (χ0) is 13.3. The molecular weight excluding hydrogens is 242 g/mol. The van der Waals surface area contributed by atoms with Crippen molar-refractivity contribution >= 4 is 11.6 Å². The van der Waals surface area contributed by atoms with Gasteiger partial charge in [0.15, 0.2) is 0 Å². The van der Waals surface area contributed by atoms with Crippen LogP contribution >= 0.6 is 0 Å². The Hall–Kier alpha value is -1.88. The molecule has 2 aliphatic rings. The highest BCUT2D eigenvalue weighted by Gasteiger charge is 2.41. The van der Waals surface area contributed by atoms with Crippen LogP contribution in [0.25, 0.3) is 0 Å². The van der Waals surface area contributed by atoms with Crippen molar-refractivity contribution in [1.29, 1.82) is 0 Å². The molecule has 1 aromatic rings. The van der Waals surface area contributed by atoms with Gasteiger partial charge in [-0.1, -0.05) is 12.1 Å². The summed E-state index contributed by atoms with van der Waals surface area (Å²) in [5.41, 5.74) is 0.761. The van der Waals surface area contributed by atoms with Crippen molar-refractivity contribution in [2.24, 2.45) is 4.99 Å². The molecule has 2 aliphatic heterocycles. The number of rotatable bonds is 2. The average Bonchev–Trinajstić information content (AvgIpc) is 2.76. The van der Waals surface area contributed by atoms with Gasteiger partial charge < -0.3 is 15.4 Å². The average molecular weight is 259 g/mol. The van der Waals surface area contributed by atoms with Gasteiger partial charge in [-0.25, -0.2) is 4.99 Å². The van der Waals surface area contributed by atoms with Crippen LogP contribution in [0, 0.1) is 0 Å². The number of nitrogens with one attached hydrogen (secondary N) is 2. The summed E-state index contributed by atoms with van der Waals surface area (Å²) in [6.45, 7) is 1.68. The second-order valence-corrected chi connectivity index (χ2v) is 4.93. The number of piperidine rings is 1. The minimum absolute atomic E-state index is 0.117. The number of benzene rings is 1. The van der Waals surface area contributed by atoms with Crippen molar-refractivity contribution in [3.05, 3.63) is 29.8 Å². The number of para-hydroxylation sites is 1. The van der Waals surface area contributed by atoms with Crippen molar-refractivity contribution in [2.45, 2.75) is 18.5 Å². The van der Waals surface area contributed by atoms with E-state index in [0.717, 1.165) is 24.9 Å². The van der Waals surface area contributed by atoms with E-state index in [9.17, 15) is 4.79 Å². The topological polar surface area (TPSA) is 62.7 Å². The fraction of sp³-hybridized carbons (Fsp3) is 0.429. The predicted octanol–water partition coefficient (Wildman–Crippen LogP) is 0.694. The summed E-state index contributed by atoms with van der Waals surface area (Å²) >= 11 is 0. The smallest absolute Gasteiger partial charge is 0.272 e. The highest BCUT2D eigenvalue weighted by Crippen LogP contribution is 2.27. The molecule has 0 aliphatic carbocycles. The Balaban J connectivity index is 1.99. The number of hydrogen-bond donors (Lipinski definition) is 2. The Morgan fingerprint density at radius 3 is 2.95 bits per heavy atom. The summed E-state index contributed by atoms with van der Waals surface area (Å²) in [4.78, 5) is 16.8. The van der Waals surface area contributed by atoms with Gasteiger partial charge >= 0.3 is 0 Å². The Labute approximate surface area is 112 Å². The van der Waals surface area contributed by atoms with Gasteiger partial charge in [-0.05, 0) is 31.5 Å². The predicted molar refractivity (Wildman–Crippen MR) is 72.5 cm³/mol. The molecule has 1 atom stereocenters. The highest BCUT2D eigenvalue weighted by molar-refractivity contribution is 6.47. The van der Waals surface area contributed by atoms with Crippen molar-refractivity contribution in [2.75, 3.05) is 20.2 Å². The lowest BCUT2D eigenvalue weighted by Gasteiger charge is -2.30. The molecule has 0 bridgehead atoms. The number of ether oxygens (including phenoxy) is 1. The molecule has 1 unspecified atom stereocenters. The fourth-order valence-electron chi connectivity index (χ4n) is 2.68. The molecule has 5 nitrogen and oxygen atoms in total. The lowest BCUT2D eigenvalue weighted by molar-refractivity contribution is -0.115. The quantitative estimate of drug-likeness (QED) is 0.821. The van der Waals surface area contributed by atoms with E-state index in [0.29, 0.717) is 18.0 Å². The molecule has 1 spiro atoms. The molecule has 0 aromatic heterocycles. The largest absolute Gasteiger partial charge is 0.496 e. The van der Waals surface area contributed by atoms with E-state index in [1.807, 2.05) is 24.3 Å². The number of carbonyl (C=O) groups is 1. The van der Waals surface area contributed by atoms with Gasteiger partial charge in [0, 0.05) is 12.1 Å². The summed E-state index contributed by atoms with van der Waals surface area (Å²) in [6.07, 6.45) is 1.90. The molecule has 3 rings (SSSR count). The van der Waals surface area contributed by atoms with Crippen LogP contribution in [0.5, 0.6) is 5.75 Å². The normalized spacial score (nSPS) is 26.2. The van der Waals surface area contributed by atoms with Crippen LogP contribution in [0.2, 0.25) is 0 Å². The van der Waals surface area contributed by atoms with E-state index in [2.05, 4.69) is 15.6 Å². The zero-order valence-corrected chi connectivity index (χ0v) is 10.9. The lowest BCUT2D eigenvalue weighted by Crippen LogP contribution is -2.53. The number of methoxy groups -OCH3 is 1. The van der Waals surface area contributed by atoms with Crippen LogP contribution in [-0.2, 0) is 4.79 Å². The van der Waals surface area contributed by atoms with Crippen LogP contribution < -0.4 is 15.4 Å². The lowest BCUT2D eigenvalue weighted by atomic mass is 10.0. The number of amides is 1. The maximum atomic E-state index is 12.2. The molecule has 1 amide bonds. The van der Waals surface area contributed by atoms with Gasteiger partial charge in [-0.2, -0.15) is 0 Å². The maximum absolute atomic E-state index is 12.2. The first kappa shape index (κ1) is 12.2. The van der Waals surface area contributed by atoms with E-state index in [4.69, 9.17) is 4.74 Å². The van der Waals surface area contributed by atoms with Gasteiger partial charge in [0.05, 0.1) is 7.11 Å². The first-order chi connectivity index (χ1) is 9.24. The molecule has 1 fully saturated rings. The monoisotopic (exact) mass is 259 g/mol. The zero-order valence-electron chi connectivity index (χ0n) is 10.9. The molecule has 0 saturated carbocycles. The Morgan fingerprint density at radius 2 is 2.21 bits per heavy atom. The number of aliphatic imine (C=N–C) groups is 1. The van der Waals surface area contributed by atoms with E-state index >= 15 is 0 Å². The van der Waals surface area contributed by atoms with E-state index < -0.39 is 5.66 Å². The summed E-state index contributed by atoms with van der Waals surface area (Å²) in [5.74, 6) is 0.561. The van der Waals surface area contributed by atoms with Crippen molar-refractivity contribution < 1.29 is 9.53 Å². The molecule has 2 heterocycles. The molecule has 1 aromatic carbocycles. The van der Waals surface area contributed by atoms with Gasteiger partial charge in [-0.15, -0.1) is 0 Å². The van der Waals surface area contributed by atoms with Crippen molar-refractivity contribution in [1.82, 2.24) is 10.6 Å². The van der Waals surface area contributed by atoms with Crippen LogP contribution in [-0.4, -0.2) is 37.5 Å². The fourth-order valence-corrected chi connectivity index (χ4v) is 2.68. The molecule has 19 heavy (non-hydrogen) atoms. The van der Waals surface area contributed by atoms with Gasteiger partial charge in [-0.3, -0.25) is 4.79 Å². The Morgan fingerprint density at radius 1 is 1.37 bits per heavy atom. The van der Waals surface area contributed by atoms with Crippen LogP contribution in [0.15, 0.2) is 29.3 Å². The standard InChI is InChI=1S/C14H17N3O2/c1-19-11-6-3-2-5-10(11)12-13(18)17-14(16-12)7-4-8-15-9-14/h2-3,5-6,15H,4,7-9H2,1H3,(H,17,18). The van der Waals surface area contributed by atoms with Gasteiger partial charge in [0.2, 0.25) is 0 Å². The summed E-state index contributed by atoms with van der Waals surface area (Å²) in [7, 11) is 1.60. The SMILES string of the molecule is COc1ccccc1C1=NC2(CCCNC2)NC1=O. The minimum Gasteiger partial charge on any atom is -0.496 e. The van der Waals surface area contributed by atoms with Gasteiger partial charge in [0.25, 0.3) is 5.91 Å². The van der Waals surface area contributed by atoms with Crippen molar-refractivity contribution in [3.63, 3.8) is 0 Å². The summed E-state index contributed by atoms with van der Waals surface area (Å²) < 4.78 is 5.31. The van der Waals surface area contributed by atoms with E-state index in [1.54, 1.807) is 7.11 Å². The highest BCUT2D eigenvalue weighted by atomic mass is 16.5. The first-order valence-electron chi connectivity index (χ1n) is 6.51. The van der Waals surface area contributed by atoms with Crippen LogP contribution in [0.3, 0.4) is 0 Å². The van der Waals surface area contributed by atoms with Crippen LogP contribution in [0.1, 0.15) is 18.4 Å². The second-order valence-electron chi connectivity index (χ2n) is 4.93. The number of carbonyl (C=O) groups excluding carboxylic acids is 1. The number of nitrogens with zero attached hydrogens (tertiary/aromatic N) is 1. The minimum atomic E-state index is -0.467. The molecule has 0 radical (unpaired) electrons. The number of hydrogen-bond acceptors (Lipinski definition) is 4. The molecule has 100 valence electrons. The summed E-state index contributed by atoms with van der Waals surface area (Å²) in [5, 5.41) is 6.29. The third kappa shape index (κ3) is 2.10. The van der Waals surface area contributed by atoms with Crippen LogP contribution in [0.4, 0.5) is 0 Å². The Kier molecular flexibility index (Phi) is 2.98. The third-order valence-corrected chi connectivity index (χ3v) is 3.61. The molecule has 5 heteroatoms. The van der Waals surface area contributed by atoms with Crippen molar-refractivity contribution in [3.8, 4) is 5.75 Å². The van der Waals surface area contributed by atoms with Gasteiger partial charge in [0.1, 0.15) is 17.1 Å².